The maximum atomic E-state index is 13.1. The molecule has 186 valence electrons. The quantitative estimate of drug-likeness (QED) is 0.346. The number of urea groups is 1. The van der Waals surface area contributed by atoms with Gasteiger partial charge in [0, 0.05) is 49.8 Å². The fraction of sp³-hybridized carbons (Fsp3) is 0.444. The molecule has 5 N–H and O–H groups in total. The van der Waals surface area contributed by atoms with Crippen LogP contribution < -0.4 is 21.3 Å². The highest BCUT2D eigenvalue weighted by Crippen LogP contribution is 2.32. The summed E-state index contributed by atoms with van der Waals surface area (Å²) in [5, 5.41) is 13.8. The van der Waals surface area contributed by atoms with Gasteiger partial charge in [0.05, 0.1) is 0 Å². The summed E-state index contributed by atoms with van der Waals surface area (Å²) in [6, 6.07) is 17.7. The first-order chi connectivity index (χ1) is 16.9. The summed E-state index contributed by atoms with van der Waals surface area (Å²) in [4.78, 5) is 29.1. The molecule has 0 aromatic heterocycles. The van der Waals surface area contributed by atoms with Crippen molar-refractivity contribution in [3.63, 3.8) is 0 Å². The van der Waals surface area contributed by atoms with Crippen molar-refractivity contribution in [2.75, 3.05) is 31.1 Å². The van der Waals surface area contributed by atoms with E-state index in [4.69, 9.17) is 11.1 Å². The number of hydrogen-bond acceptors (Lipinski definition) is 4. The Morgan fingerprint density at radius 2 is 1.89 bits per heavy atom. The van der Waals surface area contributed by atoms with Gasteiger partial charge >= 0.3 is 6.03 Å². The van der Waals surface area contributed by atoms with E-state index >= 15 is 0 Å². The van der Waals surface area contributed by atoms with Gasteiger partial charge in [-0.25, -0.2) is 4.79 Å². The van der Waals surface area contributed by atoms with Crippen molar-refractivity contribution < 1.29 is 9.59 Å². The number of carbonyl (C=O) groups is 2. The lowest BCUT2D eigenvalue weighted by atomic mass is 9.83. The topological polar surface area (TPSA) is 115 Å². The number of rotatable bonds is 8. The Kier molecular flexibility index (Phi) is 8.02. The summed E-state index contributed by atoms with van der Waals surface area (Å²) < 4.78 is 0. The molecule has 3 amide bonds. The van der Waals surface area contributed by atoms with Gasteiger partial charge in [-0.2, -0.15) is 0 Å². The van der Waals surface area contributed by atoms with Crippen molar-refractivity contribution in [1.29, 1.82) is 5.41 Å². The zero-order valence-electron chi connectivity index (χ0n) is 20.4. The number of carbonyl (C=O) groups excluding carboxylic acids is 2. The summed E-state index contributed by atoms with van der Waals surface area (Å²) in [6.45, 7) is 5.60. The van der Waals surface area contributed by atoms with E-state index in [2.05, 4.69) is 39.8 Å². The number of amides is 3. The second-order valence-electron chi connectivity index (χ2n) is 9.73. The van der Waals surface area contributed by atoms with Gasteiger partial charge in [0.2, 0.25) is 5.91 Å². The largest absolute Gasteiger partial charge is 0.384 e. The molecule has 0 radical (unpaired) electrons. The zero-order valence-corrected chi connectivity index (χ0v) is 20.4. The minimum atomic E-state index is -0.142. The van der Waals surface area contributed by atoms with Crippen LogP contribution in [0.15, 0.2) is 54.6 Å². The predicted octanol–water partition coefficient (Wildman–Crippen LogP) is 2.92. The van der Waals surface area contributed by atoms with Crippen LogP contribution in [0.3, 0.4) is 0 Å². The first-order valence-electron chi connectivity index (χ1n) is 12.4. The lowest BCUT2D eigenvalue weighted by molar-refractivity contribution is -0.119. The normalized spacial score (nSPS) is 21.4. The van der Waals surface area contributed by atoms with E-state index in [1.807, 2.05) is 23.1 Å². The summed E-state index contributed by atoms with van der Waals surface area (Å²) in [7, 11) is 0. The summed E-state index contributed by atoms with van der Waals surface area (Å²) in [5.41, 5.74) is 8.38. The summed E-state index contributed by atoms with van der Waals surface area (Å²) in [6.07, 6.45) is 3.04. The lowest BCUT2D eigenvalue weighted by Crippen LogP contribution is -2.60. The second-order valence-corrected chi connectivity index (χ2v) is 9.73. The van der Waals surface area contributed by atoms with Gasteiger partial charge in [0.15, 0.2) is 0 Å². The average Bonchev–Trinajstić information content (AvgIpc) is 2.85. The number of likely N-dealkylation sites (tertiary alicyclic amines) is 1. The minimum absolute atomic E-state index is 0.0265. The van der Waals surface area contributed by atoms with E-state index in [9.17, 15) is 9.59 Å². The fourth-order valence-corrected chi connectivity index (χ4v) is 5.28. The molecule has 0 aliphatic carbocycles. The minimum Gasteiger partial charge on any atom is -0.384 e. The molecule has 0 bridgehead atoms. The number of nitrogen functional groups attached to an aromatic ring is 1. The van der Waals surface area contributed by atoms with Crippen LogP contribution in [-0.4, -0.2) is 54.9 Å². The first kappa shape index (κ1) is 24.7. The molecule has 0 saturated carbocycles. The molecular weight excluding hydrogens is 440 g/mol. The van der Waals surface area contributed by atoms with E-state index in [1.54, 1.807) is 12.1 Å². The number of nitrogens with zero attached hydrogens (tertiary/aromatic N) is 2. The average molecular weight is 477 g/mol. The van der Waals surface area contributed by atoms with Crippen LogP contribution in [0.1, 0.15) is 37.3 Å². The van der Waals surface area contributed by atoms with Crippen LogP contribution >= 0.6 is 0 Å². The van der Waals surface area contributed by atoms with E-state index in [0.29, 0.717) is 24.6 Å². The van der Waals surface area contributed by atoms with Crippen LogP contribution in [0.2, 0.25) is 0 Å². The number of benzene rings is 2. The maximum absolute atomic E-state index is 13.1. The van der Waals surface area contributed by atoms with E-state index in [-0.39, 0.29) is 29.7 Å². The molecule has 8 heteroatoms. The molecule has 2 aliphatic heterocycles. The van der Waals surface area contributed by atoms with Crippen molar-refractivity contribution in [2.24, 2.45) is 17.6 Å². The molecule has 35 heavy (non-hydrogen) atoms. The Hall–Kier alpha value is -3.39. The molecule has 0 spiro atoms. The standard InChI is InChI=1S/C27H36N6O2/c1-19(34)30-16-23-17-31-27(35)33(24-9-5-8-22(15-24)26(28)29)25(23)14-20-10-12-32(13-11-20)18-21-6-3-2-4-7-21/h2-9,15,20,23,25H,10-14,16-18H2,1H3,(H3,28,29)(H,30,34)(H,31,35). The van der Waals surface area contributed by atoms with Crippen molar-refractivity contribution >= 4 is 23.5 Å². The van der Waals surface area contributed by atoms with Crippen molar-refractivity contribution in [1.82, 2.24) is 15.5 Å². The highest BCUT2D eigenvalue weighted by Gasteiger charge is 2.38. The number of amidine groups is 1. The van der Waals surface area contributed by atoms with E-state index < -0.39 is 0 Å². The van der Waals surface area contributed by atoms with E-state index in [1.165, 1.54) is 12.5 Å². The zero-order chi connectivity index (χ0) is 24.8. The van der Waals surface area contributed by atoms with Crippen molar-refractivity contribution in [3.05, 3.63) is 65.7 Å². The Labute approximate surface area is 207 Å². The van der Waals surface area contributed by atoms with E-state index in [0.717, 1.165) is 44.6 Å². The third kappa shape index (κ3) is 6.39. The highest BCUT2D eigenvalue weighted by molar-refractivity contribution is 5.98. The molecule has 2 saturated heterocycles. The fourth-order valence-electron chi connectivity index (χ4n) is 5.28. The lowest BCUT2D eigenvalue weighted by Gasteiger charge is -2.44. The smallest absolute Gasteiger partial charge is 0.322 e. The molecule has 2 aliphatic rings. The van der Waals surface area contributed by atoms with Crippen LogP contribution in [0.5, 0.6) is 0 Å². The van der Waals surface area contributed by atoms with Gasteiger partial charge in [-0.15, -0.1) is 0 Å². The number of hydrogen-bond donors (Lipinski definition) is 4. The molecule has 2 unspecified atom stereocenters. The SMILES string of the molecule is CC(=O)NCC1CNC(=O)N(c2cccc(C(=N)N)c2)C1CC1CCN(Cc2ccccc2)CC1. The van der Waals surface area contributed by atoms with Crippen LogP contribution in [0.25, 0.3) is 0 Å². The molecule has 4 rings (SSSR count). The Bertz CT molecular complexity index is 1030. The molecule has 2 aromatic rings. The number of nitrogens with one attached hydrogen (secondary N) is 3. The van der Waals surface area contributed by atoms with Gasteiger partial charge in [-0.05, 0) is 56.0 Å². The first-order valence-corrected chi connectivity index (χ1v) is 12.4. The molecule has 8 nitrogen and oxygen atoms in total. The number of piperidine rings is 1. The summed E-state index contributed by atoms with van der Waals surface area (Å²) in [5.74, 6) is 0.484. The van der Waals surface area contributed by atoms with Gasteiger partial charge in [-0.3, -0.25) is 20.0 Å². The highest BCUT2D eigenvalue weighted by atomic mass is 16.2. The summed E-state index contributed by atoms with van der Waals surface area (Å²) >= 11 is 0. The third-order valence-corrected chi connectivity index (χ3v) is 7.19. The Balaban J connectivity index is 1.49. The molecular formula is C27H36N6O2. The third-order valence-electron chi connectivity index (χ3n) is 7.19. The van der Waals surface area contributed by atoms with Crippen molar-refractivity contribution in [3.8, 4) is 0 Å². The number of anilines is 1. The molecule has 2 heterocycles. The van der Waals surface area contributed by atoms with Gasteiger partial charge in [0.1, 0.15) is 5.84 Å². The van der Waals surface area contributed by atoms with Crippen LogP contribution in [0, 0.1) is 17.2 Å². The van der Waals surface area contributed by atoms with Crippen molar-refractivity contribution in [2.45, 2.75) is 38.8 Å². The second kappa shape index (κ2) is 11.4. The van der Waals surface area contributed by atoms with Crippen LogP contribution in [-0.2, 0) is 11.3 Å². The maximum Gasteiger partial charge on any atom is 0.322 e. The Morgan fingerprint density at radius 1 is 1.14 bits per heavy atom. The Morgan fingerprint density at radius 3 is 2.57 bits per heavy atom. The monoisotopic (exact) mass is 476 g/mol. The molecule has 2 fully saturated rings. The van der Waals surface area contributed by atoms with Gasteiger partial charge < -0.3 is 16.4 Å². The number of nitrogens with two attached hydrogens (primary N) is 1. The van der Waals surface area contributed by atoms with Crippen LogP contribution in [0.4, 0.5) is 10.5 Å². The van der Waals surface area contributed by atoms with Gasteiger partial charge in [-0.1, -0.05) is 42.5 Å². The molecule has 2 aromatic carbocycles. The molecule has 2 atom stereocenters. The predicted molar refractivity (Wildman–Crippen MR) is 138 cm³/mol. The van der Waals surface area contributed by atoms with Gasteiger partial charge in [0.25, 0.3) is 0 Å².